The van der Waals surface area contributed by atoms with E-state index in [2.05, 4.69) is 0 Å². The van der Waals surface area contributed by atoms with Crippen LogP contribution in [0.3, 0.4) is 0 Å². The third-order valence-corrected chi connectivity index (χ3v) is 3.66. The molecule has 1 fully saturated rings. The first-order chi connectivity index (χ1) is 8.08. The van der Waals surface area contributed by atoms with E-state index >= 15 is 0 Å². The van der Waals surface area contributed by atoms with Gasteiger partial charge in [-0.25, -0.2) is 4.79 Å². The van der Waals surface area contributed by atoms with Crippen molar-refractivity contribution in [3.8, 4) is 0 Å². The van der Waals surface area contributed by atoms with E-state index in [0.29, 0.717) is 11.4 Å². The Balaban J connectivity index is 2.23. The Morgan fingerprint density at radius 1 is 1.35 bits per heavy atom. The topological polar surface area (TPSA) is 57.5 Å². The van der Waals surface area contributed by atoms with Gasteiger partial charge in [0, 0.05) is 5.02 Å². The molecule has 2 rings (SSSR count). The number of rotatable bonds is 2. The van der Waals surface area contributed by atoms with Crippen molar-refractivity contribution in [1.82, 2.24) is 0 Å². The van der Waals surface area contributed by atoms with E-state index in [1.165, 1.54) is 6.07 Å². The number of aromatic carboxylic acids is 1. The third-order valence-electron chi connectivity index (χ3n) is 3.33. The lowest BCUT2D eigenvalue weighted by Crippen LogP contribution is -2.18. The molecule has 1 saturated carbocycles. The highest BCUT2D eigenvalue weighted by Gasteiger charge is 2.23. The summed E-state index contributed by atoms with van der Waals surface area (Å²) in [5, 5.41) is 19.0. The van der Waals surface area contributed by atoms with Crippen LogP contribution in [0.2, 0.25) is 5.02 Å². The van der Waals surface area contributed by atoms with Crippen molar-refractivity contribution in [3.05, 3.63) is 34.3 Å². The van der Waals surface area contributed by atoms with Crippen LogP contribution in [0, 0.1) is 0 Å². The van der Waals surface area contributed by atoms with Crippen molar-refractivity contribution in [2.75, 3.05) is 0 Å². The molecule has 0 spiro atoms. The second-order valence-corrected chi connectivity index (χ2v) is 4.97. The van der Waals surface area contributed by atoms with Crippen LogP contribution in [0.25, 0.3) is 0 Å². The lowest BCUT2D eigenvalue weighted by Gasteiger charge is -2.26. The second-order valence-electron chi connectivity index (χ2n) is 4.56. The van der Waals surface area contributed by atoms with E-state index < -0.39 is 5.97 Å². The van der Waals surface area contributed by atoms with Crippen LogP contribution in [-0.2, 0) is 0 Å². The Hall–Kier alpha value is -1.06. The molecule has 2 unspecified atom stereocenters. The molecule has 0 aliphatic heterocycles. The van der Waals surface area contributed by atoms with E-state index in [1.54, 1.807) is 12.1 Å². The van der Waals surface area contributed by atoms with Crippen LogP contribution in [0.5, 0.6) is 0 Å². The van der Waals surface area contributed by atoms with E-state index in [-0.39, 0.29) is 17.6 Å². The molecule has 0 amide bonds. The molecule has 3 nitrogen and oxygen atoms in total. The van der Waals surface area contributed by atoms with Gasteiger partial charge in [-0.3, -0.25) is 0 Å². The molecule has 2 N–H and O–H groups in total. The minimum Gasteiger partial charge on any atom is -0.478 e. The maximum atomic E-state index is 10.8. The number of hydrogen-bond donors (Lipinski definition) is 2. The summed E-state index contributed by atoms with van der Waals surface area (Å²) in [6, 6.07) is 4.83. The molecule has 1 aliphatic rings. The fraction of sp³-hybridized carbons (Fsp3) is 0.462. The van der Waals surface area contributed by atoms with E-state index in [0.717, 1.165) is 24.8 Å². The van der Waals surface area contributed by atoms with Crippen LogP contribution in [0.1, 0.15) is 47.5 Å². The third kappa shape index (κ3) is 2.79. The standard InChI is InChI=1S/C13H15ClO3/c14-12-7-9(13(16)17)4-5-11(12)8-2-1-3-10(15)6-8/h4-5,7-8,10,15H,1-3,6H2,(H,16,17). The number of carboxylic acid groups (broad SMARTS) is 1. The van der Waals surface area contributed by atoms with Crippen molar-refractivity contribution in [2.45, 2.75) is 37.7 Å². The summed E-state index contributed by atoms with van der Waals surface area (Å²) >= 11 is 6.11. The van der Waals surface area contributed by atoms with E-state index in [1.807, 2.05) is 0 Å². The summed E-state index contributed by atoms with van der Waals surface area (Å²) in [5.41, 5.74) is 1.16. The number of carboxylic acids is 1. The monoisotopic (exact) mass is 254 g/mol. The molecule has 4 heteroatoms. The Morgan fingerprint density at radius 3 is 2.71 bits per heavy atom. The van der Waals surface area contributed by atoms with Gasteiger partial charge in [0.2, 0.25) is 0 Å². The van der Waals surface area contributed by atoms with Gasteiger partial charge in [-0.1, -0.05) is 24.1 Å². The van der Waals surface area contributed by atoms with Crippen molar-refractivity contribution in [2.24, 2.45) is 0 Å². The van der Waals surface area contributed by atoms with Gasteiger partial charge in [-0.2, -0.15) is 0 Å². The zero-order chi connectivity index (χ0) is 12.4. The van der Waals surface area contributed by atoms with Gasteiger partial charge in [0.15, 0.2) is 0 Å². The average Bonchev–Trinajstić information content (AvgIpc) is 2.28. The fourth-order valence-corrected chi connectivity index (χ4v) is 2.77. The molecule has 17 heavy (non-hydrogen) atoms. The lowest BCUT2D eigenvalue weighted by atomic mass is 9.82. The molecule has 0 bridgehead atoms. The maximum Gasteiger partial charge on any atom is 0.335 e. The zero-order valence-electron chi connectivity index (χ0n) is 9.40. The molecule has 0 aromatic heterocycles. The molecular formula is C13H15ClO3. The highest BCUT2D eigenvalue weighted by Crippen LogP contribution is 2.36. The SMILES string of the molecule is O=C(O)c1ccc(C2CCCC(O)C2)c(Cl)c1. The highest BCUT2D eigenvalue weighted by atomic mass is 35.5. The lowest BCUT2D eigenvalue weighted by molar-refractivity contribution is 0.0696. The number of hydrogen-bond acceptors (Lipinski definition) is 2. The minimum absolute atomic E-state index is 0.204. The fourth-order valence-electron chi connectivity index (χ4n) is 2.44. The first-order valence-electron chi connectivity index (χ1n) is 5.78. The summed E-state index contributed by atoms with van der Waals surface area (Å²) in [7, 11) is 0. The quantitative estimate of drug-likeness (QED) is 0.853. The molecular weight excluding hydrogens is 240 g/mol. The molecule has 2 atom stereocenters. The molecule has 1 aromatic rings. The molecule has 92 valence electrons. The number of benzene rings is 1. The van der Waals surface area contributed by atoms with Gasteiger partial charge in [0.1, 0.15) is 0 Å². The number of carbonyl (C=O) groups is 1. The molecule has 1 aliphatic carbocycles. The first-order valence-corrected chi connectivity index (χ1v) is 6.16. The second kappa shape index (κ2) is 5.07. The van der Waals surface area contributed by atoms with Crippen molar-refractivity contribution < 1.29 is 15.0 Å². The van der Waals surface area contributed by atoms with Crippen LogP contribution >= 0.6 is 11.6 Å². The summed E-state index contributed by atoms with van der Waals surface area (Å²) in [4.78, 5) is 10.8. The number of aliphatic hydroxyl groups excluding tert-OH is 1. The van der Waals surface area contributed by atoms with Crippen LogP contribution in [-0.4, -0.2) is 22.3 Å². The van der Waals surface area contributed by atoms with Crippen molar-refractivity contribution >= 4 is 17.6 Å². The largest absolute Gasteiger partial charge is 0.478 e. The molecule has 0 radical (unpaired) electrons. The Labute approximate surface area is 105 Å². The summed E-state index contributed by atoms with van der Waals surface area (Å²) < 4.78 is 0. The van der Waals surface area contributed by atoms with Gasteiger partial charge in [0.05, 0.1) is 11.7 Å². The van der Waals surface area contributed by atoms with Gasteiger partial charge in [-0.15, -0.1) is 0 Å². The van der Waals surface area contributed by atoms with Gasteiger partial charge >= 0.3 is 5.97 Å². The molecule has 1 aromatic carbocycles. The zero-order valence-corrected chi connectivity index (χ0v) is 10.2. The maximum absolute atomic E-state index is 10.8. The van der Waals surface area contributed by atoms with Crippen molar-refractivity contribution in [3.63, 3.8) is 0 Å². The van der Waals surface area contributed by atoms with Crippen LogP contribution in [0.4, 0.5) is 0 Å². The Kier molecular flexibility index (Phi) is 3.69. The molecule has 0 heterocycles. The predicted molar refractivity (Wildman–Crippen MR) is 65.6 cm³/mol. The van der Waals surface area contributed by atoms with E-state index in [4.69, 9.17) is 16.7 Å². The Morgan fingerprint density at radius 2 is 2.12 bits per heavy atom. The van der Waals surface area contributed by atoms with Crippen molar-refractivity contribution in [1.29, 1.82) is 0 Å². The first kappa shape index (κ1) is 12.4. The number of halogens is 1. The summed E-state index contributed by atoms with van der Waals surface area (Å²) in [6.07, 6.45) is 3.29. The average molecular weight is 255 g/mol. The normalized spacial score (nSPS) is 24.6. The summed E-state index contributed by atoms with van der Waals surface area (Å²) in [5.74, 6) is -0.726. The smallest absolute Gasteiger partial charge is 0.335 e. The molecule has 0 saturated heterocycles. The van der Waals surface area contributed by atoms with Crippen LogP contribution in [0.15, 0.2) is 18.2 Å². The number of aliphatic hydroxyl groups is 1. The van der Waals surface area contributed by atoms with Gasteiger partial charge in [0.25, 0.3) is 0 Å². The minimum atomic E-state index is -0.970. The van der Waals surface area contributed by atoms with Gasteiger partial charge < -0.3 is 10.2 Å². The predicted octanol–water partition coefficient (Wildman–Crippen LogP) is 3.06. The highest BCUT2D eigenvalue weighted by molar-refractivity contribution is 6.31. The summed E-state index contributed by atoms with van der Waals surface area (Å²) in [6.45, 7) is 0. The Bertz CT molecular complexity index is 431. The van der Waals surface area contributed by atoms with Crippen LogP contribution < -0.4 is 0 Å². The van der Waals surface area contributed by atoms with Gasteiger partial charge in [-0.05, 0) is 42.9 Å². The van der Waals surface area contributed by atoms with E-state index in [9.17, 15) is 9.90 Å².